The molecule has 1 amide bonds. The van der Waals surface area contributed by atoms with E-state index in [1.165, 1.54) is 11.3 Å². The van der Waals surface area contributed by atoms with Crippen molar-refractivity contribution in [2.75, 3.05) is 5.73 Å². The monoisotopic (exact) mass is 258 g/mol. The molecule has 3 nitrogen and oxygen atoms in total. The van der Waals surface area contributed by atoms with Gasteiger partial charge in [0.15, 0.2) is 0 Å². The molecule has 0 aliphatic rings. The summed E-state index contributed by atoms with van der Waals surface area (Å²) >= 11 is 1.38. The quantitative estimate of drug-likeness (QED) is 0.814. The lowest BCUT2D eigenvalue weighted by atomic mass is 10.1. The molecule has 1 heterocycles. The van der Waals surface area contributed by atoms with Crippen LogP contribution in [0.1, 0.15) is 23.5 Å². The fraction of sp³-hybridized carbons (Fsp3) is 0.214. The van der Waals surface area contributed by atoms with Crippen LogP contribution in [-0.2, 0) is 0 Å². The van der Waals surface area contributed by atoms with Crippen LogP contribution in [0.25, 0.3) is 10.1 Å². The number of benzene rings is 1. The number of nitrogens with two attached hydrogens (primary N) is 1. The summed E-state index contributed by atoms with van der Waals surface area (Å²) in [5, 5.41) is 3.69. The maximum absolute atomic E-state index is 12.1. The molecule has 4 heteroatoms. The number of hydrogen-bond donors (Lipinski definition) is 2. The molecule has 2 rings (SSSR count). The third-order valence-corrected chi connectivity index (χ3v) is 3.81. The van der Waals surface area contributed by atoms with Gasteiger partial charge in [0.05, 0.1) is 11.2 Å². The molecule has 2 aromatic rings. The molecule has 0 bridgehead atoms. The number of nitrogens with one attached hydrogen (secondary N) is 1. The van der Waals surface area contributed by atoms with Gasteiger partial charge in [0.1, 0.15) is 4.88 Å². The summed E-state index contributed by atoms with van der Waals surface area (Å²) in [6.45, 7) is 3.54. The predicted molar refractivity (Wildman–Crippen MR) is 76.6 cm³/mol. The van der Waals surface area contributed by atoms with Crippen LogP contribution in [-0.4, -0.2) is 11.4 Å². The van der Waals surface area contributed by atoms with Crippen LogP contribution in [0.15, 0.2) is 24.3 Å². The third-order valence-electron chi connectivity index (χ3n) is 2.63. The van der Waals surface area contributed by atoms with Crippen LogP contribution < -0.4 is 11.1 Å². The average molecular weight is 258 g/mol. The van der Waals surface area contributed by atoms with E-state index in [1.807, 2.05) is 24.3 Å². The number of anilines is 1. The normalized spacial score (nSPS) is 11.2. The van der Waals surface area contributed by atoms with E-state index in [2.05, 4.69) is 11.2 Å². The number of terminal acetylenes is 1. The van der Waals surface area contributed by atoms with Crippen molar-refractivity contribution in [1.82, 2.24) is 5.32 Å². The van der Waals surface area contributed by atoms with Crippen molar-refractivity contribution >= 4 is 33.0 Å². The van der Waals surface area contributed by atoms with Gasteiger partial charge in [-0.15, -0.1) is 17.8 Å². The largest absolute Gasteiger partial charge is 0.397 e. The Morgan fingerprint density at radius 2 is 2.11 bits per heavy atom. The van der Waals surface area contributed by atoms with Gasteiger partial charge in [0, 0.05) is 10.1 Å². The van der Waals surface area contributed by atoms with Crippen LogP contribution in [0.4, 0.5) is 5.69 Å². The summed E-state index contributed by atoms with van der Waals surface area (Å²) in [4.78, 5) is 12.6. The number of fused-ring (bicyclic) bond motifs is 1. The van der Waals surface area contributed by atoms with Gasteiger partial charge in [-0.25, -0.2) is 0 Å². The van der Waals surface area contributed by atoms with Crippen molar-refractivity contribution in [3.63, 3.8) is 0 Å². The van der Waals surface area contributed by atoms with E-state index < -0.39 is 5.54 Å². The van der Waals surface area contributed by atoms with Crippen molar-refractivity contribution in [3.05, 3.63) is 29.1 Å². The Labute approximate surface area is 110 Å². The van der Waals surface area contributed by atoms with E-state index in [0.29, 0.717) is 10.6 Å². The zero-order valence-corrected chi connectivity index (χ0v) is 11.1. The minimum atomic E-state index is -0.681. The summed E-state index contributed by atoms with van der Waals surface area (Å²) in [7, 11) is 0. The Morgan fingerprint density at radius 1 is 1.44 bits per heavy atom. The molecule has 0 saturated heterocycles. The van der Waals surface area contributed by atoms with E-state index >= 15 is 0 Å². The fourth-order valence-corrected chi connectivity index (χ4v) is 2.63. The number of amides is 1. The Bertz CT molecular complexity index is 649. The summed E-state index contributed by atoms with van der Waals surface area (Å²) in [5.74, 6) is 2.30. The van der Waals surface area contributed by atoms with E-state index in [-0.39, 0.29) is 5.91 Å². The van der Waals surface area contributed by atoms with Gasteiger partial charge in [-0.05, 0) is 19.9 Å². The molecular formula is C14H14N2OS. The SMILES string of the molecule is C#CC(C)(C)NC(=O)c1sc2ccccc2c1N. The fourth-order valence-electron chi connectivity index (χ4n) is 1.61. The van der Waals surface area contributed by atoms with Crippen LogP contribution in [0.3, 0.4) is 0 Å². The molecule has 0 spiro atoms. The van der Waals surface area contributed by atoms with Crippen LogP contribution in [0, 0.1) is 12.3 Å². The zero-order chi connectivity index (χ0) is 13.3. The molecule has 1 aromatic carbocycles. The Morgan fingerprint density at radius 3 is 2.72 bits per heavy atom. The van der Waals surface area contributed by atoms with E-state index in [9.17, 15) is 4.79 Å². The van der Waals surface area contributed by atoms with Gasteiger partial charge in [-0.2, -0.15) is 0 Å². The lowest BCUT2D eigenvalue weighted by Gasteiger charge is -2.19. The molecule has 1 aromatic heterocycles. The number of carbonyl (C=O) groups is 1. The topological polar surface area (TPSA) is 55.1 Å². The highest BCUT2D eigenvalue weighted by Crippen LogP contribution is 2.33. The van der Waals surface area contributed by atoms with Crippen LogP contribution in [0.5, 0.6) is 0 Å². The number of nitrogen functional groups attached to an aromatic ring is 1. The zero-order valence-electron chi connectivity index (χ0n) is 10.3. The molecule has 0 fully saturated rings. The average Bonchev–Trinajstić information content (AvgIpc) is 2.67. The van der Waals surface area contributed by atoms with Crippen LogP contribution in [0.2, 0.25) is 0 Å². The maximum atomic E-state index is 12.1. The standard InChI is InChI=1S/C14H14N2OS/c1-4-14(2,3)16-13(17)12-11(15)9-7-5-6-8-10(9)18-12/h1,5-8H,15H2,2-3H3,(H,16,17). The number of rotatable bonds is 2. The van der Waals surface area contributed by atoms with Crippen molar-refractivity contribution in [1.29, 1.82) is 0 Å². The first-order chi connectivity index (χ1) is 8.44. The second-order valence-electron chi connectivity index (χ2n) is 4.56. The van der Waals surface area contributed by atoms with E-state index in [1.54, 1.807) is 13.8 Å². The molecule has 92 valence electrons. The second-order valence-corrected chi connectivity index (χ2v) is 5.62. The van der Waals surface area contributed by atoms with E-state index in [4.69, 9.17) is 12.2 Å². The molecule has 18 heavy (non-hydrogen) atoms. The van der Waals surface area contributed by atoms with Crippen molar-refractivity contribution in [2.45, 2.75) is 19.4 Å². The summed E-state index contributed by atoms with van der Waals surface area (Å²) < 4.78 is 0.999. The molecule has 0 unspecified atom stereocenters. The smallest absolute Gasteiger partial charge is 0.264 e. The number of carbonyl (C=O) groups excluding carboxylic acids is 1. The van der Waals surface area contributed by atoms with Crippen molar-refractivity contribution in [3.8, 4) is 12.3 Å². The summed E-state index contributed by atoms with van der Waals surface area (Å²) in [6, 6.07) is 7.67. The van der Waals surface area contributed by atoms with Crippen molar-refractivity contribution < 1.29 is 4.79 Å². The minimum absolute atomic E-state index is 0.225. The first-order valence-electron chi connectivity index (χ1n) is 5.52. The second kappa shape index (κ2) is 4.35. The minimum Gasteiger partial charge on any atom is -0.397 e. The highest BCUT2D eigenvalue weighted by molar-refractivity contribution is 7.21. The summed E-state index contributed by atoms with van der Waals surface area (Å²) in [5.41, 5.74) is 5.83. The first-order valence-corrected chi connectivity index (χ1v) is 6.33. The Balaban J connectivity index is 2.41. The summed E-state index contributed by atoms with van der Waals surface area (Å²) in [6.07, 6.45) is 5.35. The Hall–Kier alpha value is -1.99. The van der Waals surface area contributed by atoms with Gasteiger partial charge in [0.2, 0.25) is 0 Å². The number of hydrogen-bond acceptors (Lipinski definition) is 3. The molecule has 0 saturated carbocycles. The number of thiophene rings is 1. The van der Waals surface area contributed by atoms with Crippen LogP contribution >= 0.6 is 11.3 Å². The van der Waals surface area contributed by atoms with Gasteiger partial charge in [0.25, 0.3) is 5.91 Å². The lowest BCUT2D eigenvalue weighted by Crippen LogP contribution is -2.41. The molecule has 0 aliphatic carbocycles. The van der Waals surface area contributed by atoms with Crippen molar-refractivity contribution in [2.24, 2.45) is 0 Å². The lowest BCUT2D eigenvalue weighted by molar-refractivity contribution is 0.0935. The molecule has 0 aliphatic heterocycles. The third kappa shape index (κ3) is 2.18. The van der Waals surface area contributed by atoms with Gasteiger partial charge >= 0.3 is 0 Å². The first kappa shape index (κ1) is 12.5. The molecular weight excluding hydrogens is 244 g/mol. The van der Waals surface area contributed by atoms with Gasteiger partial charge < -0.3 is 11.1 Å². The van der Waals surface area contributed by atoms with Gasteiger partial charge in [-0.1, -0.05) is 24.1 Å². The maximum Gasteiger partial charge on any atom is 0.264 e. The molecule has 3 N–H and O–H groups in total. The highest BCUT2D eigenvalue weighted by Gasteiger charge is 2.22. The van der Waals surface area contributed by atoms with Gasteiger partial charge in [-0.3, -0.25) is 4.79 Å². The molecule has 0 radical (unpaired) electrons. The Kier molecular flexibility index (Phi) is 3.02. The predicted octanol–water partition coefficient (Wildman–Crippen LogP) is 2.63. The van der Waals surface area contributed by atoms with E-state index in [0.717, 1.165) is 10.1 Å². The highest BCUT2D eigenvalue weighted by atomic mass is 32.1. The molecule has 0 atom stereocenters.